The first kappa shape index (κ1) is 12.8. The summed E-state index contributed by atoms with van der Waals surface area (Å²) in [6.07, 6.45) is 0.433. The van der Waals surface area contributed by atoms with Gasteiger partial charge in [-0.25, -0.2) is 4.98 Å². The minimum atomic E-state index is 0.0139. The highest BCUT2D eigenvalue weighted by Crippen LogP contribution is 2.20. The molecule has 0 aromatic carbocycles. The second-order valence-electron chi connectivity index (χ2n) is 4.24. The molecule has 2 aromatic rings. The number of ketones is 1. The van der Waals surface area contributed by atoms with E-state index in [1.165, 1.54) is 0 Å². The van der Waals surface area contributed by atoms with Gasteiger partial charge in [-0.3, -0.25) is 4.79 Å². The SMILES string of the molecule is CCC(=O)c1ccc(-n2c(C)ccc2C)nc1Cl. The molecule has 3 nitrogen and oxygen atoms in total. The van der Waals surface area contributed by atoms with Crippen LogP contribution in [0.5, 0.6) is 0 Å². The van der Waals surface area contributed by atoms with Crippen molar-refractivity contribution in [1.29, 1.82) is 0 Å². The molecule has 0 saturated carbocycles. The molecule has 0 radical (unpaired) electrons. The zero-order valence-electron chi connectivity index (χ0n) is 10.7. The van der Waals surface area contributed by atoms with E-state index in [2.05, 4.69) is 4.98 Å². The third-order valence-corrected chi connectivity index (χ3v) is 3.24. The second kappa shape index (κ2) is 4.94. The molecule has 0 aliphatic carbocycles. The summed E-state index contributed by atoms with van der Waals surface area (Å²) < 4.78 is 2.01. The minimum absolute atomic E-state index is 0.0139. The standard InChI is InChI=1S/C14H15ClN2O/c1-4-12(18)11-7-8-13(16-14(11)15)17-9(2)5-6-10(17)3/h5-8H,4H2,1-3H3. The monoisotopic (exact) mass is 262 g/mol. The van der Waals surface area contributed by atoms with Crippen molar-refractivity contribution in [2.45, 2.75) is 27.2 Å². The maximum Gasteiger partial charge on any atom is 0.165 e. The van der Waals surface area contributed by atoms with E-state index < -0.39 is 0 Å². The van der Waals surface area contributed by atoms with Crippen molar-refractivity contribution in [3.63, 3.8) is 0 Å². The molecule has 0 atom stereocenters. The lowest BCUT2D eigenvalue weighted by atomic mass is 10.1. The van der Waals surface area contributed by atoms with E-state index in [-0.39, 0.29) is 10.9 Å². The molecule has 0 saturated heterocycles. The van der Waals surface area contributed by atoms with Crippen LogP contribution in [-0.4, -0.2) is 15.3 Å². The zero-order chi connectivity index (χ0) is 13.3. The van der Waals surface area contributed by atoms with Crippen LogP contribution in [0.25, 0.3) is 5.82 Å². The van der Waals surface area contributed by atoms with Gasteiger partial charge < -0.3 is 4.57 Å². The third-order valence-electron chi connectivity index (χ3n) is 2.96. The van der Waals surface area contributed by atoms with Crippen LogP contribution in [0.1, 0.15) is 35.1 Å². The molecule has 0 amide bonds. The Hall–Kier alpha value is -1.61. The summed E-state index contributed by atoms with van der Waals surface area (Å²) >= 11 is 6.08. The van der Waals surface area contributed by atoms with Gasteiger partial charge in [0, 0.05) is 17.8 Å². The largest absolute Gasteiger partial charge is 0.303 e. The number of pyridine rings is 1. The molecule has 2 aromatic heterocycles. The van der Waals surface area contributed by atoms with Gasteiger partial charge in [0.1, 0.15) is 11.0 Å². The maximum atomic E-state index is 11.6. The molecule has 2 rings (SSSR count). The van der Waals surface area contributed by atoms with E-state index >= 15 is 0 Å². The molecule has 94 valence electrons. The lowest BCUT2D eigenvalue weighted by Gasteiger charge is -2.10. The Morgan fingerprint density at radius 3 is 2.33 bits per heavy atom. The molecule has 0 spiro atoms. The van der Waals surface area contributed by atoms with Crippen LogP contribution in [0.3, 0.4) is 0 Å². The predicted molar refractivity (Wildman–Crippen MR) is 72.7 cm³/mol. The fourth-order valence-corrected chi connectivity index (χ4v) is 2.23. The topological polar surface area (TPSA) is 34.9 Å². The number of nitrogens with zero attached hydrogens (tertiary/aromatic N) is 2. The molecule has 2 heterocycles. The molecule has 0 aliphatic rings. The molecule has 0 N–H and O–H groups in total. The molecule has 0 bridgehead atoms. The van der Waals surface area contributed by atoms with Gasteiger partial charge in [-0.15, -0.1) is 0 Å². The fraction of sp³-hybridized carbons (Fsp3) is 0.286. The van der Waals surface area contributed by atoms with Gasteiger partial charge in [0.2, 0.25) is 0 Å². The third kappa shape index (κ3) is 2.18. The van der Waals surface area contributed by atoms with Crippen molar-refractivity contribution >= 4 is 17.4 Å². The number of carbonyl (C=O) groups is 1. The molecular weight excluding hydrogens is 248 g/mol. The van der Waals surface area contributed by atoms with Gasteiger partial charge in [0.25, 0.3) is 0 Å². The number of carbonyl (C=O) groups excluding carboxylic acids is 1. The Kier molecular flexibility index (Phi) is 3.53. The van der Waals surface area contributed by atoms with Gasteiger partial charge >= 0.3 is 0 Å². The first-order valence-corrected chi connectivity index (χ1v) is 6.27. The number of aryl methyl sites for hydroxylation is 2. The van der Waals surface area contributed by atoms with E-state index in [0.29, 0.717) is 12.0 Å². The highest BCUT2D eigenvalue weighted by Gasteiger charge is 2.12. The quantitative estimate of drug-likeness (QED) is 0.624. The van der Waals surface area contributed by atoms with E-state index in [0.717, 1.165) is 17.2 Å². The normalized spacial score (nSPS) is 10.7. The fourth-order valence-electron chi connectivity index (χ4n) is 1.98. The number of aromatic nitrogens is 2. The van der Waals surface area contributed by atoms with Crippen molar-refractivity contribution in [3.8, 4) is 5.82 Å². The van der Waals surface area contributed by atoms with Crippen LogP contribution < -0.4 is 0 Å². The minimum Gasteiger partial charge on any atom is -0.303 e. The van der Waals surface area contributed by atoms with Crippen molar-refractivity contribution in [2.24, 2.45) is 0 Å². The van der Waals surface area contributed by atoms with Crippen LogP contribution in [-0.2, 0) is 0 Å². The molecule has 18 heavy (non-hydrogen) atoms. The average molecular weight is 263 g/mol. The van der Waals surface area contributed by atoms with Crippen molar-refractivity contribution in [1.82, 2.24) is 9.55 Å². The summed E-state index contributed by atoms with van der Waals surface area (Å²) in [5.41, 5.74) is 2.67. The summed E-state index contributed by atoms with van der Waals surface area (Å²) in [4.78, 5) is 15.9. The second-order valence-corrected chi connectivity index (χ2v) is 4.59. The first-order chi connectivity index (χ1) is 8.54. The first-order valence-electron chi connectivity index (χ1n) is 5.89. The molecule has 0 unspecified atom stereocenters. The maximum absolute atomic E-state index is 11.6. The Morgan fingerprint density at radius 1 is 1.22 bits per heavy atom. The van der Waals surface area contributed by atoms with E-state index in [1.54, 1.807) is 6.07 Å². The number of Topliss-reactive ketones (excluding diaryl/α,β-unsaturated/α-hetero) is 1. The highest BCUT2D eigenvalue weighted by molar-refractivity contribution is 6.32. The van der Waals surface area contributed by atoms with Gasteiger partial charge in [-0.1, -0.05) is 18.5 Å². The molecule has 0 aliphatic heterocycles. The van der Waals surface area contributed by atoms with Crippen LogP contribution in [0.4, 0.5) is 0 Å². The molecule has 0 fully saturated rings. The number of halogens is 1. The van der Waals surface area contributed by atoms with Crippen LogP contribution in [0.2, 0.25) is 5.15 Å². The van der Waals surface area contributed by atoms with Crippen molar-refractivity contribution in [2.75, 3.05) is 0 Å². The number of rotatable bonds is 3. The molecular formula is C14H15ClN2O. The summed E-state index contributed by atoms with van der Waals surface area (Å²) in [5.74, 6) is 0.757. The lowest BCUT2D eigenvalue weighted by molar-refractivity contribution is 0.0988. The lowest BCUT2D eigenvalue weighted by Crippen LogP contribution is -2.05. The van der Waals surface area contributed by atoms with Gasteiger partial charge in [0.15, 0.2) is 5.78 Å². The Labute approximate surface area is 111 Å². The average Bonchev–Trinajstić information content (AvgIpc) is 2.68. The van der Waals surface area contributed by atoms with Gasteiger partial charge in [-0.05, 0) is 38.1 Å². The Morgan fingerprint density at radius 2 is 1.83 bits per heavy atom. The van der Waals surface area contributed by atoms with Crippen LogP contribution in [0, 0.1) is 13.8 Å². The molecule has 4 heteroatoms. The highest BCUT2D eigenvalue weighted by atomic mass is 35.5. The number of hydrogen-bond donors (Lipinski definition) is 0. The van der Waals surface area contributed by atoms with Gasteiger partial charge in [0.05, 0.1) is 5.56 Å². The van der Waals surface area contributed by atoms with Crippen molar-refractivity contribution < 1.29 is 4.79 Å². The summed E-state index contributed by atoms with van der Waals surface area (Å²) in [6, 6.07) is 7.62. The predicted octanol–water partition coefficient (Wildman–Crippen LogP) is 3.74. The van der Waals surface area contributed by atoms with Crippen molar-refractivity contribution in [3.05, 3.63) is 46.4 Å². The number of hydrogen-bond acceptors (Lipinski definition) is 2. The van der Waals surface area contributed by atoms with E-state index in [4.69, 9.17) is 11.6 Å². The Balaban J connectivity index is 2.50. The summed E-state index contributed by atoms with van der Waals surface area (Å²) in [6.45, 7) is 5.83. The summed E-state index contributed by atoms with van der Waals surface area (Å²) in [5, 5.41) is 0.270. The summed E-state index contributed by atoms with van der Waals surface area (Å²) in [7, 11) is 0. The van der Waals surface area contributed by atoms with Gasteiger partial charge in [-0.2, -0.15) is 0 Å². The van der Waals surface area contributed by atoms with E-state index in [9.17, 15) is 4.79 Å². The zero-order valence-corrected chi connectivity index (χ0v) is 11.5. The smallest absolute Gasteiger partial charge is 0.165 e. The Bertz CT molecular complexity index is 582. The van der Waals surface area contributed by atoms with Crippen LogP contribution >= 0.6 is 11.6 Å². The van der Waals surface area contributed by atoms with E-state index in [1.807, 2.05) is 43.5 Å². The van der Waals surface area contributed by atoms with Crippen LogP contribution in [0.15, 0.2) is 24.3 Å².